The molecule has 0 radical (unpaired) electrons. The summed E-state index contributed by atoms with van der Waals surface area (Å²) >= 11 is 0. The number of hydrogen-bond donors (Lipinski definition) is 0. The second-order valence-electron chi connectivity index (χ2n) is 4.87. The Bertz CT molecular complexity index is 768. The summed E-state index contributed by atoms with van der Waals surface area (Å²) in [6.45, 7) is 2.15. The van der Waals surface area contributed by atoms with Crippen molar-refractivity contribution in [2.45, 2.75) is 19.8 Å². The first-order valence-electron chi connectivity index (χ1n) is 7.21. The van der Waals surface area contributed by atoms with Crippen LogP contribution in [-0.2, 0) is 0 Å². The molecule has 0 saturated carbocycles. The Balaban J connectivity index is 2.12. The molecule has 108 valence electrons. The Morgan fingerprint density at radius 3 is 2.36 bits per heavy atom. The lowest BCUT2D eigenvalue weighted by Gasteiger charge is -1.95. The monoisotopic (exact) mass is 289 g/mol. The van der Waals surface area contributed by atoms with Crippen LogP contribution >= 0.6 is 0 Å². The summed E-state index contributed by atoms with van der Waals surface area (Å²) in [5.41, 5.74) is 2.61. The van der Waals surface area contributed by atoms with Gasteiger partial charge in [0.2, 0.25) is 0 Å². The molecule has 0 aliphatic rings. The first-order chi connectivity index (χ1) is 10.7. The predicted molar refractivity (Wildman–Crippen MR) is 87.5 cm³/mol. The highest BCUT2D eigenvalue weighted by Crippen LogP contribution is 2.10. The Labute approximate surface area is 130 Å². The van der Waals surface area contributed by atoms with Crippen molar-refractivity contribution < 1.29 is 4.39 Å². The molecule has 2 aromatic rings. The molecule has 0 unspecified atom stereocenters. The minimum Gasteiger partial charge on any atom is -0.206 e. The number of nitriles is 1. The standard InChI is InChI=1S/C20H16FN/c1-2-3-4-5-16-6-8-17(9-7-16)10-11-18-12-13-19(15-22)20(21)14-18/h4-9,12-14H,2-3H2,1H3. The third-order valence-corrected chi connectivity index (χ3v) is 3.12. The normalized spacial score (nSPS) is 10.0. The highest BCUT2D eigenvalue weighted by Gasteiger charge is 2.00. The van der Waals surface area contributed by atoms with Gasteiger partial charge >= 0.3 is 0 Å². The van der Waals surface area contributed by atoms with E-state index in [1.165, 1.54) is 12.1 Å². The van der Waals surface area contributed by atoms with Crippen molar-refractivity contribution in [3.05, 3.63) is 76.6 Å². The molecule has 0 aliphatic carbocycles. The average molecular weight is 289 g/mol. The van der Waals surface area contributed by atoms with Crippen LogP contribution in [0.3, 0.4) is 0 Å². The molecule has 2 rings (SSSR count). The van der Waals surface area contributed by atoms with Gasteiger partial charge in [-0.3, -0.25) is 0 Å². The van der Waals surface area contributed by atoms with Gasteiger partial charge in [-0.15, -0.1) is 0 Å². The minimum atomic E-state index is -0.536. The van der Waals surface area contributed by atoms with Gasteiger partial charge in [-0.2, -0.15) is 5.26 Å². The van der Waals surface area contributed by atoms with Gasteiger partial charge in [0, 0.05) is 11.1 Å². The Hall–Kier alpha value is -2.84. The molecule has 0 heterocycles. The van der Waals surface area contributed by atoms with E-state index in [1.807, 2.05) is 24.3 Å². The average Bonchev–Trinajstić information content (AvgIpc) is 2.54. The summed E-state index contributed by atoms with van der Waals surface area (Å²) in [5, 5.41) is 8.69. The third kappa shape index (κ3) is 4.33. The summed E-state index contributed by atoms with van der Waals surface area (Å²) in [7, 11) is 0. The molecule has 0 aromatic heterocycles. The molecule has 0 aliphatic heterocycles. The van der Waals surface area contributed by atoms with Gasteiger partial charge in [0.15, 0.2) is 0 Å². The summed E-state index contributed by atoms with van der Waals surface area (Å²) < 4.78 is 13.5. The Morgan fingerprint density at radius 2 is 1.73 bits per heavy atom. The van der Waals surface area contributed by atoms with E-state index in [9.17, 15) is 4.39 Å². The summed E-state index contributed by atoms with van der Waals surface area (Å²) in [6, 6.07) is 14.1. The zero-order valence-electron chi connectivity index (χ0n) is 12.4. The van der Waals surface area contributed by atoms with Gasteiger partial charge in [0.1, 0.15) is 11.9 Å². The zero-order chi connectivity index (χ0) is 15.8. The molecule has 0 fully saturated rings. The highest BCUT2D eigenvalue weighted by molar-refractivity contribution is 5.52. The number of hydrogen-bond acceptors (Lipinski definition) is 1. The number of rotatable bonds is 3. The maximum atomic E-state index is 13.5. The Kier molecular flexibility index (Phi) is 5.52. The first-order valence-corrected chi connectivity index (χ1v) is 7.21. The van der Waals surface area contributed by atoms with Gasteiger partial charge < -0.3 is 0 Å². The van der Waals surface area contributed by atoms with Crippen LogP contribution in [0.15, 0.2) is 48.5 Å². The molecule has 2 heteroatoms. The molecule has 0 N–H and O–H groups in total. The second kappa shape index (κ2) is 7.81. The fourth-order valence-electron chi connectivity index (χ4n) is 1.89. The van der Waals surface area contributed by atoms with E-state index in [-0.39, 0.29) is 5.56 Å². The van der Waals surface area contributed by atoms with Gasteiger partial charge in [-0.1, -0.05) is 49.5 Å². The van der Waals surface area contributed by atoms with E-state index in [0.29, 0.717) is 5.56 Å². The van der Waals surface area contributed by atoms with Crippen LogP contribution in [0, 0.1) is 29.0 Å². The first kappa shape index (κ1) is 15.5. The number of nitrogens with zero attached hydrogens (tertiary/aromatic N) is 1. The van der Waals surface area contributed by atoms with E-state index in [2.05, 4.69) is 30.9 Å². The number of halogens is 1. The van der Waals surface area contributed by atoms with Gasteiger partial charge in [-0.05, 0) is 42.3 Å². The predicted octanol–water partition coefficient (Wildman–Crippen LogP) is 4.91. The van der Waals surface area contributed by atoms with Crippen molar-refractivity contribution in [2.75, 3.05) is 0 Å². The van der Waals surface area contributed by atoms with E-state index in [1.54, 1.807) is 12.1 Å². The fraction of sp³-hybridized carbons (Fsp3) is 0.150. The molecule has 22 heavy (non-hydrogen) atoms. The van der Waals surface area contributed by atoms with Crippen LogP contribution in [0.4, 0.5) is 4.39 Å². The molecule has 2 aromatic carbocycles. The van der Waals surface area contributed by atoms with Crippen molar-refractivity contribution in [1.82, 2.24) is 0 Å². The van der Waals surface area contributed by atoms with Crippen LogP contribution in [0.1, 0.15) is 42.0 Å². The van der Waals surface area contributed by atoms with Crippen LogP contribution in [-0.4, -0.2) is 0 Å². The van der Waals surface area contributed by atoms with Crippen molar-refractivity contribution in [1.29, 1.82) is 5.26 Å². The van der Waals surface area contributed by atoms with Crippen molar-refractivity contribution in [2.24, 2.45) is 0 Å². The minimum absolute atomic E-state index is 0.0359. The van der Waals surface area contributed by atoms with Crippen LogP contribution < -0.4 is 0 Å². The summed E-state index contributed by atoms with van der Waals surface area (Å²) in [4.78, 5) is 0. The number of unbranched alkanes of at least 4 members (excludes halogenated alkanes) is 1. The largest absolute Gasteiger partial charge is 0.206 e. The lowest BCUT2D eigenvalue weighted by molar-refractivity contribution is 0.623. The van der Waals surface area contributed by atoms with E-state index < -0.39 is 5.82 Å². The van der Waals surface area contributed by atoms with Gasteiger partial charge in [-0.25, -0.2) is 4.39 Å². The SMILES string of the molecule is CCCC=Cc1ccc(C#Cc2ccc(C#N)c(F)c2)cc1. The number of allylic oxidation sites excluding steroid dienone is 1. The van der Waals surface area contributed by atoms with E-state index >= 15 is 0 Å². The van der Waals surface area contributed by atoms with Crippen molar-refractivity contribution in [3.63, 3.8) is 0 Å². The molecular formula is C20H16FN. The topological polar surface area (TPSA) is 23.8 Å². The van der Waals surface area contributed by atoms with Crippen molar-refractivity contribution in [3.8, 4) is 17.9 Å². The van der Waals surface area contributed by atoms with Gasteiger partial charge in [0.25, 0.3) is 0 Å². The summed E-state index contributed by atoms with van der Waals surface area (Å²) in [5.74, 6) is 5.37. The third-order valence-electron chi connectivity index (χ3n) is 3.12. The maximum absolute atomic E-state index is 13.5. The smallest absolute Gasteiger partial charge is 0.142 e. The molecule has 0 bridgehead atoms. The molecule has 0 spiro atoms. The molecular weight excluding hydrogens is 273 g/mol. The van der Waals surface area contributed by atoms with E-state index in [0.717, 1.165) is 24.0 Å². The Morgan fingerprint density at radius 1 is 1.05 bits per heavy atom. The maximum Gasteiger partial charge on any atom is 0.142 e. The van der Waals surface area contributed by atoms with Crippen LogP contribution in [0.2, 0.25) is 0 Å². The molecule has 0 amide bonds. The number of benzene rings is 2. The lowest BCUT2D eigenvalue weighted by Crippen LogP contribution is -1.85. The van der Waals surface area contributed by atoms with Gasteiger partial charge in [0.05, 0.1) is 5.56 Å². The van der Waals surface area contributed by atoms with Crippen LogP contribution in [0.25, 0.3) is 6.08 Å². The van der Waals surface area contributed by atoms with E-state index in [4.69, 9.17) is 5.26 Å². The quantitative estimate of drug-likeness (QED) is 0.736. The zero-order valence-corrected chi connectivity index (χ0v) is 12.4. The molecule has 1 nitrogen and oxygen atoms in total. The molecule has 0 saturated heterocycles. The summed E-state index contributed by atoms with van der Waals surface area (Å²) in [6.07, 6.45) is 6.46. The van der Waals surface area contributed by atoms with Crippen molar-refractivity contribution >= 4 is 6.08 Å². The highest BCUT2D eigenvalue weighted by atomic mass is 19.1. The lowest BCUT2D eigenvalue weighted by atomic mass is 10.1. The molecule has 0 atom stereocenters. The fourth-order valence-corrected chi connectivity index (χ4v) is 1.89. The van der Waals surface area contributed by atoms with Crippen LogP contribution in [0.5, 0.6) is 0 Å². The second-order valence-corrected chi connectivity index (χ2v) is 4.87.